The van der Waals surface area contributed by atoms with Crippen molar-refractivity contribution in [3.63, 3.8) is 0 Å². The second-order valence-corrected chi connectivity index (χ2v) is 5.62. The lowest BCUT2D eigenvalue weighted by Gasteiger charge is -2.27. The molecule has 1 unspecified atom stereocenters. The van der Waals surface area contributed by atoms with E-state index in [0.29, 0.717) is 25.4 Å². The van der Waals surface area contributed by atoms with Gasteiger partial charge in [0.1, 0.15) is 11.9 Å². The van der Waals surface area contributed by atoms with Gasteiger partial charge in [-0.3, -0.25) is 4.79 Å². The first-order valence-corrected chi connectivity index (χ1v) is 8.24. The van der Waals surface area contributed by atoms with Crippen molar-refractivity contribution < 1.29 is 14.3 Å². The molecule has 0 bridgehead atoms. The van der Waals surface area contributed by atoms with Crippen LogP contribution >= 0.6 is 0 Å². The average Bonchev–Trinajstić information content (AvgIpc) is 2.61. The SMILES string of the molecule is CCCNC(=O)C(C)NC(=O)Nc1ccc(N2CCOCC2)nc1. The Bertz CT molecular complexity index is 543. The minimum atomic E-state index is -0.600. The van der Waals surface area contributed by atoms with Crippen molar-refractivity contribution in [2.75, 3.05) is 43.1 Å². The predicted octanol–water partition coefficient (Wildman–Crippen LogP) is 0.954. The lowest BCUT2D eigenvalue weighted by Crippen LogP contribution is -2.46. The molecule has 0 aromatic carbocycles. The van der Waals surface area contributed by atoms with Gasteiger partial charge < -0.3 is 25.6 Å². The summed E-state index contributed by atoms with van der Waals surface area (Å²) in [5.74, 6) is 0.657. The van der Waals surface area contributed by atoms with Crippen molar-refractivity contribution in [3.8, 4) is 0 Å². The van der Waals surface area contributed by atoms with E-state index in [2.05, 4.69) is 25.8 Å². The lowest BCUT2D eigenvalue weighted by atomic mass is 10.3. The number of hydrogen-bond acceptors (Lipinski definition) is 5. The van der Waals surface area contributed by atoms with E-state index in [9.17, 15) is 9.59 Å². The van der Waals surface area contributed by atoms with Gasteiger partial charge in [-0.1, -0.05) is 6.92 Å². The summed E-state index contributed by atoms with van der Waals surface area (Å²) >= 11 is 0. The van der Waals surface area contributed by atoms with Gasteiger partial charge in [0.2, 0.25) is 5.91 Å². The highest BCUT2D eigenvalue weighted by atomic mass is 16.5. The highest BCUT2D eigenvalue weighted by Crippen LogP contribution is 2.15. The van der Waals surface area contributed by atoms with E-state index in [1.54, 1.807) is 19.2 Å². The Kier molecular flexibility index (Phi) is 6.80. The number of nitrogens with one attached hydrogen (secondary N) is 3. The molecule has 1 aromatic rings. The molecule has 1 saturated heterocycles. The zero-order chi connectivity index (χ0) is 17.4. The molecule has 8 heteroatoms. The summed E-state index contributed by atoms with van der Waals surface area (Å²) < 4.78 is 5.31. The Labute approximate surface area is 142 Å². The number of nitrogens with zero attached hydrogens (tertiary/aromatic N) is 2. The van der Waals surface area contributed by atoms with Crippen LogP contribution in [0.15, 0.2) is 18.3 Å². The molecule has 1 atom stereocenters. The Morgan fingerprint density at radius 2 is 2.08 bits per heavy atom. The molecule has 8 nitrogen and oxygen atoms in total. The van der Waals surface area contributed by atoms with E-state index >= 15 is 0 Å². The van der Waals surface area contributed by atoms with Crippen molar-refractivity contribution in [2.24, 2.45) is 0 Å². The number of rotatable bonds is 6. The van der Waals surface area contributed by atoms with E-state index in [0.717, 1.165) is 25.3 Å². The van der Waals surface area contributed by atoms with Crippen LogP contribution in [0.5, 0.6) is 0 Å². The Morgan fingerprint density at radius 1 is 1.33 bits per heavy atom. The molecule has 1 aliphatic rings. The standard InChI is InChI=1S/C16H25N5O3/c1-3-6-17-15(22)12(2)19-16(23)20-13-4-5-14(18-11-13)21-7-9-24-10-8-21/h4-5,11-12H,3,6-10H2,1-2H3,(H,17,22)(H2,19,20,23). The van der Waals surface area contributed by atoms with Gasteiger partial charge in [0.15, 0.2) is 0 Å². The monoisotopic (exact) mass is 335 g/mol. The topological polar surface area (TPSA) is 95.6 Å². The molecule has 0 saturated carbocycles. The van der Waals surface area contributed by atoms with E-state index < -0.39 is 12.1 Å². The third kappa shape index (κ3) is 5.38. The van der Waals surface area contributed by atoms with Crippen LogP contribution in [0.1, 0.15) is 20.3 Å². The zero-order valence-electron chi connectivity index (χ0n) is 14.2. The van der Waals surface area contributed by atoms with Crippen molar-refractivity contribution >= 4 is 23.4 Å². The van der Waals surface area contributed by atoms with Gasteiger partial charge in [-0.05, 0) is 25.5 Å². The van der Waals surface area contributed by atoms with Crippen LogP contribution in [-0.4, -0.2) is 55.8 Å². The second kappa shape index (κ2) is 9.07. The fraction of sp³-hybridized carbons (Fsp3) is 0.562. The summed E-state index contributed by atoms with van der Waals surface area (Å²) in [4.78, 5) is 30.1. The number of amides is 3. The number of urea groups is 1. The maximum Gasteiger partial charge on any atom is 0.319 e. The number of hydrogen-bond donors (Lipinski definition) is 3. The van der Waals surface area contributed by atoms with E-state index in [-0.39, 0.29) is 5.91 Å². The molecule has 0 radical (unpaired) electrons. The lowest BCUT2D eigenvalue weighted by molar-refractivity contribution is -0.122. The summed E-state index contributed by atoms with van der Waals surface area (Å²) in [6, 6.07) is 2.62. The summed E-state index contributed by atoms with van der Waals surface area (Å²) in [5, 5.41) is 8.01. The first kappa shape index (κ1) is 18.0. The van der Waals surface area contributed by atoms with Crippen LogP contribution in [0.4, 0.5) is 16.3 Å². The number of carbonyl (C=O) groups is 2. The number of pyridine rings is 1. The summed E-state index contributed by atoms with van der Waals surface area (Å²) in [7, 11) is 0. The van der Waals surface area contributed by atoms with Crippen LogP contribution in [-0.2, 0) is 9.53 Å². The molecule has 2 heterocycles. The minimum Gasteiger partial charge on any atom is -0.378 e. The van der Waals surface area contributed by atoms with Crippen LogP contribution in [0.3, 0.4) is 0 Å². The van der Waals surface area contributed by atoms with Gasteiger partial charge in [0, 0.05) is 19.6 Å². The number of aromatic nitrogens is 1. The number of carbonyl (C=O) groups excluding carboxylic acids is 2. The smallest absolute Gasteiger partial charge is 0.319 e. The van der Waals surface area contributed by atoms with Gasteiger partial charge in [-0.25, -0.2) is 9.78 Å². The van der Waals surface area contributed by atoms with Crippen LogP contribution in [0.25, 0.3) is 0 Å². The predicted molar refractivity (Wildman–Crippen MR) is 92.2 cm³/mol. The summed E-state index contributed by atoms with van der Waals surface area (Å²) in [5.41, 5.74) is 0.575. The highest BCUT2D eigenvalue weighted by Gasteiger charge is 2.15. The maximum atomic E-state index is 11.9. The normalized spacial score (nSPS) is 15.5. The van der Waals surface area contributed by atoms with Gasteiger partial charge >= 0.3 is 6.03 Å². The number of anilines is 2. The highest BCUT2D eigenvalue weighted by molar-refractivity contribution is 5.93. The molecule has 1 aliphatic heterocycles. The Hall–Kier alpha value is -2.35. The molecule has 24 heavy (non-hydrogen) atoms. The zero-order valence-corrected chi connectivity index (χ0v) is 14.2. The summed E-state index contributed by atoms with van der Waals surface area (Å²) in [6.45, 7) is 7.22. The van der Waals surface area contributed by atoms with Gasteiger partial charge in [0.25, 0.3) is 0 Å². The number of ether oxygens (including phenoxy) is 1. The van der Waals surface area contributed by atoms with Gasteiger partial charge in [-0.15, -0.1) is 0 Å². The molecule has 0 aliphatic carbocycles. The quantitative estimate of drug-likeness (QED) is 0.719. The van der Waals surface area contributed by atoms with Crippen molar-refractivity contribution in [2.45, 2.75) is 26.3 Å². The summed E-state index contributed by atoms with van der Waals surface area (Å²) in [6.07, 6.45) is 2.46. The van der Waals surface area contributed by atoms with Crippen molar-refractivity contribution in [1.82, 2.24) is 15.6 Å². The third-order valence-electron chi connectivity index (χ3n) is 3.63. The van der Waals surface area contributed by atoms with Crippen LogP contribution in [0.2, 0.25) is 0 Å². The van der Waals surface area contributed by atoms with Gasteiger partial charge in [-0.2, -0.15) is 0 Å². The minimum absolute atomic E-state index is 0.201. The molecule has 1 aromatic heterocycles. The average molecular weight is 335 g/mol. The second-order valence-electron chi connectivity index (χ2n) is 5.62. The fourth-order valence-electron chi connectivity index (χ4n) is 2.27. The maximum absolute atomic E-state index is 11.9. The molecular formula is C16H25N5O3. The van der Waals surface area contributed by atoms with E-state index in [4.69, 9.17) is 4.74 Å². The van der Waals surface area contributed by atoms with E-state index in [1.165, 1.54) is 0 Å². The van der Waals surface area contributed by atoms with Crippen molar-refractivity contribution in [3.05, 3.63) is 18.3 Å². The molecule has 3 N–H and O–H groups in total. The van der Waals surface area contributed by atoms with Crippen molar-refractivity contribution in [1.29, 1.82) is 0 Å². The molecule has 3 amide bonds. The molecule has 1 fully saturated rings. The fourth-order valence-corrected chi connectivity index (χ4v) is 2.27. The third-order valence-corrected chi connectivity index (χ3v) is 3.63. The molecule has 0 spiro atoms. The van der Waals surface area contributed by atoms with E-state index in [1.807, 2.05) is 13.0 Å². The largest absolute Gasteiger partial charge is 0.378 e. The van der Waals surface area contributed by atoms with Crippen LogP contribution in [0, 0.1) is 0 Å². The first-order chi connectivity index (χ1) is 11.6. The Balaban J connectivity index is 1.82. The first-order valence-electron chi connectivity index (χ1n) is 8.24. The van der Waals surface area contributed by atoms with Crippen LogP contribution < -0.4 is 20.9 Å². The number of morpholine rings is 1. The van der Waals surface area contributed by atoms with Gasteiger partial charge in [0.05, 0.1) is 25.1 Å². The Morgan fingerprint density at radius 3 is 2.71 bits per heavy atom. The molecule has 2 rings (SSSR count). The molecule has 132 valence electrons. The molecular weight excluding hydrogens is 310 g/mol.